The van der Waals surface area contributed by atoms with Crippen molar-refractivity contribution in [2.24, 2.45) is 5.92 Å². The van der Waals surface area contributed by atoms with E-state index in [0.29, 0.717) is 17.0 Å². The lowest BCUT2D eigenvalue weighted by atomic mass is 9.89. The van der Waals surface area contributed by atoms with Crippen molar-refractivity contribution < 1.29 is 4.79 Å². The van der Waals surface area contributed by atoms with E-state index >= 15 is 0 Å². The van der Waals surface area contributed by atoms with E-state index in [9.17, 15) is 9.59 Å². The summed E-state index contributed by atoms with van der Waals surface area (Å²) in [6, 6.07) is 9.11. The van der Waals surface area contributed by atoms with E-state index in [0.717, 1.165) is 11.9 Å². The number of aromatic amines is 1. The van der Waals surface area contributed by atoms with E-state index in [1.165, 1.54) is 32.1 Å². The summed E-state index contributed by atoms with van der Waals surface area (Å²) in [7, 11) is 1.82. The maximum Gasteiger partial charge on any atom is 0.270 e. The molecule has 0 unspecified atom stereocenters. The van der Waals surface area contributed by atoms with Gasteiger partial charge in [-0.15, -0.1) is 0 Å². The summed E-state index contributed by atoms with van der Waals surface area (Å²) in [5.74, 6) is 0.489. The molecular weight excluding hydrogens is 276 g/mol. The Morgan fingerprint density at radius 3 is 2.73 bits per heavy atom. The summed E-state index contributed by atoms with van der Waals surface area (Å²) in [4.78, 5) is 29.1. The van der Waals surface area contributed by atoms with Crippen LogP contribution in [0.1, 0.15) is 42.6 Å². The number of hydrogen-bond donors (Lipinski definition) is 1. The molecule has 1 heterocycles. The maximum absolute atomic E-state index is 12.6. The van der Waals surface area contributed by atoms with Crippen molar-refractivity contribution in [2.75, 3.05) is 13.6 Å². The summed E-state index contributed by atoms with van der Waals surface area (Å²) >= 11 is 0. The highest BCUT2D eigenvalue weighted by molar-refractivity contribution is 5.96. The Hall–Kier alpha value is -2.10. The molecular formula is C18H22N2O2. The predicted molar refractivity (Wildman–Crippen MR) is 88.1 cm³/mol. The van der Waals surface area contributed by atoms with Crippen molar-refractivity contribution >= 4 is 16.7 Å². The molecule has 1 aromatic carbocycles. The Labute approximate surface area is 130 Å². The van der Waals surface area contributed by atoms with E-state index in [1.807, 2.05) is 25.2 Å². The number of amides is 1. The highest BCUT2D eigenvalue weighted by Crippen LogP contribution is 2.24. The van der Waals surface area contributed by atoms with Gasteiger partial charge in [0.15, 0.2) is 0 Å². The van der Waals surface area contributed by atoms with Crippen LogP contribution in [-0.2, 0) is 0 Å². The van der Waals surface area contributed by atoms with Crippen molar-refractivity contribution in [1.29, 1.82) is 0 Å². The SMILES string of the molecule is CN(CC1CCCCC1)C(=O)c1cc2ccccc2c(=O)[nH]1. The number of fused-ring (bicyclic) bond motifs is 1. The number of carbonyl (C=O) groups is 1. The van der Waals surface area contributed by atoms with Gasteiger partial charge in [0.25, 0.3) is 11.5 Å². The molecule has 0 bridgehead atoms. The molecule has 1 aliphatic rings. The molecule has 2 aromatic rings. The number of H-pyrrole nitrogens is 1. The maximum atomic E-state index is 12.6. The monoisotopic (exact) mass is 298 g/mol. The number of benzene rings is 1. The first kappa shape index (κ1) is 14.8. The molecule has 1 aliphatic carbocycles. The number of nitrogens with zero attached hydrogens (tertiary/aromatic N) is 1. The Morgan fingerprint density at radius 1 is 1.23 bits per heavy atom. The van der Waals surface area contributed by atoms with Gasteiger partial charge in [0.05, 0.1) is 0 Å². The minimum Gasteiger partial charge on any atom is -0.340 e. The number of carbonyl (C=O) groups excluding carboxylic acids is 1. The van der Waals surface area contributed by atoms with Crippen LogP contribution in [0.25, 0.3) is 10.8 Å². The van der Waals surface area contributed by atoms with Crippen LogP contribution in [0, 0.1) is 5.92 Å². The number of hydrogen-bond acceptors (Lipinski definition) is 2. The second-order valence-electron chi connectivity index (χ2n) is 6.29. The molecule has 0 atom stereocenters. The summed E-state index contributed by atoms with van der Waals surface area (Å²) in [5.41, 5.74) is 0.175. The van der Waals surface area contributed by atoms with Gasteiger partial charge in [-0.1, -0.05) is 37.5 Å². The number of rotatable bonds is 3. The summed E-state index contributed by atoms with van der Waals surface area (Å²) in [6.07, 6.45) is 6.24. The minimum absolute atomic E-state index is 0.103. The lowest BCUT2D eigenvalue weighted by molar-refractivity contribution is 0.0754. The first-order chi connectivity index (χ1) is 10.6. The molecule has 1 aromatic heterocycles. The van der Waals surface area contributed by atoms with Crippen LogP contribution in [0.3, 0.4) is 0 Å². The Bertz CT molecular complexity index is 729. The average molecular weight is 298 g/mol. The Morgan fingerprint density at radius 2 is 1.95 bits per heavy atom. The first-order valence-corrected chi connectivity index (χ1v) is 8.02. The molecule has 3 rings (SSSR count). The van der Waals surface area contributed by atoms with Gasteiger partial charge in [-0.05, 0) is 36.3 Å². The van der Waals surface area contributed by atoms with Crippen molar-refractivity contribution in [2.45, 2.75) is 32.1 Å². The molecule has 116 valence electrons. The Kier molecular flexibility index (Phi) is 4.27. The van der Waals surface area contributed by atoms with Crippen molar-refractivity contribution in [3.8, 4) is 0 Å². The number of nitrogens with one attached hydrogen (secondary N) is 1. The van der Waals surface area contributed by atoms with Gasteiger partial charge in [-0.2, -0.15) is 0 Å². The van der Waals surface area contributed by atoms with Crippen LogP contribution in [-0.4, -0.2) is 29.4 Å². The van der Waals surface area contributed by atoms with Crippen molar-refractivity contribution in [3.05, 3.63) is 46.4 Å². The lowest BCUT2D eigenvalue weighted by Gasteiger charge is -2.27. The second kappa shape index (κ2) is 6.34. The Balaban J connectivity index is 1.80. The van der Waals surface area contributed by atoms with Gasteiger partial charge in [0, 0.05) is 19.0 Å². The van der Waals surface area contributed by atoms with E-state index in [-0.39, 0.29) is 11.5 Å². The molecule has 1 saturated carbocycles. The van der Waals surface area contributed by atoms with Gasteiger partial charge in [0.2, 0.25) is 0 Å². The molecule has 0 radical (unpaired) electrons. The standard InChI is InChI=1S/C18H22N2O2/c1-20(12-13-7-3-2-4-8-13)18(22)16-11-14-9-5-6-10-15(14)17(21)19-16/h5-6,9-11,13H,2-4,7-8,12H2,1H3,(H,19,21). The molecule has 4 heteroatoms. The molecule has 0 spiro atoms. The topological polar surface area (TPSA) is 53.2 Å². The lowest BCUT2D eigenvalue weighted by Crippen LogP contribution is -2.34. The smallest absolute Gasteiger partial charge is 0.270 e. The zero-order chi connectivity index (χ0) is 15.5. The van der Waals surface area contributed by atoms with Gasteiger partial charge < -0.3 is 9.88 Å². The average Bonchev–Trinajstić information content (AvgIpc) is 2.55. The van der Waals surface area contributed by atoms with E-state index in [1.54, 1.807) is 17.0 Å². The van der Waals surface area contributed by atoms with Gasteiger partial charge >= 0.3 is 0 Å². The normalized spacial score (nSPS) is 15.9. The first-order valence-electron chi connectivity index (χ1n) is 8.02. The molecule has 1 fully saturated rings. The second-order valence-corrected chi connectivity index (χ2v) is 6.29. The molecule has 22 heavy (non-hydrogen) atoms. The van der Waals surface area contributed by atoms with Crippen LogP contribution in [0.5, 0.6) is 0 Å². The van der Waals surface area contributed by atoms with Crippen molar-refractivity contribution in [3.63, 3.8) is 0 Å². The zero-order valence-electron chi connectivity index (χ0n) is 13.0. The third-order valence-electron chi connectivity index (χ3n) is 4.59. The molecule has 1 N–H and O–H groups in total. The van der Waals surface area contributed by atoms with Gasteiger partial charge in [0.1, 0.15) is 5.69 Å². The largest absolute Gasteiger partial charge is 0.340 e. The predicted octanol–water partition coefficient (Wildman–Crippen LogP) is 3.18. The van der Waals surface area contributed by atoms with Gasteiger partial charge in [-0.3, -0.25) is 9.59 Å². The van der Waals surface area contributed by atoms with Crippen molar-refractivity contribution in [1.82, 2.24) is 9.88 Å². The minimum atomic E-state index is -0.201. The van der Waals surface area contributed by atoms with Crippen LogP contribution >= 0.6 is 0 Å². The summed E-state index contributed by atoms with van der Waals surface area (Å²) < 4.78 is 0. The summed E-state index contributed by atoms with van der Waals surface area (Å²) in [5, 5.41) is 1.43. The molecule has 0 saturated heterocycles. The fourth-order valence-electron chi connectivity index (χ4n) is 3.37. The highest BCUT2D eigenvalue weighted by atomic mass is 16.2. The molecule has 0 aliphatic heterocycles. The van der Waals surface area contributed by atoms with Crippen LogP contribution in [0.4, 0.5) is 0 Å². The molecule has 1 amide bonds. The van der Waals surface area contributed by atoms with Crippen LogP contribution in [0.2, 0.25) is 0 Å². The zero-order valence-corrected chi connectivity index (χ0v) is 13.0. The molecule has 4 nitrogen and oxygen atoms in total. The highest BCUT2D eigenvalue weighted by Gasteiger charge is 2.20. The third kappa shape index (κ3) is 3.06. The van der Waals surface area contributed by atoms with Gasteiger partial charge in [-0.25, -0.2) is 0 Å². The fourth-order valence-corrected chi connectivity index (χ4v) is 3.37. The van der Waals surface area contributed by atoms with E-state index in [2.05, 4.69) is 4.98 Å². The van der Waals surface area contributed by atoms with E-state index < -0.39 is 0 Å². The summed E-state index contributed by atoms with van der Waals surface area (Å²) in [6.45, 7) is 0.772. The quantitative estimate of drug-likeness (QED) is 0.946. The fraction of sp³-hybridized carbons (Fsp3) is 0.444. The third-order valence-corrected chi connectivity index (χ3v) is 4.59. The van der Waals surface area contributed by atoms with Crippen LogP contribution < -0.4 is 5.56 Å². The number of pyridine rings is 1. The van der Waals surface area contributed by atoms with Crippen LogP contribution in [0.15, 0.2) is 35.1 Å². The number of aromatic nitrogens is 1. The van der Waals surface area contributed by atoms with E-state index in [4.69, 9.17) is 0 Å².